The van der Waals surface area contributed by atoms with Crippen molar-refractivity contribution in [3.8, 4) is 11.5 Å². The zero-order valence-electron chi connectivity index (χ0n) is 14.5. The molecule has 1 amide bonds. The summed E-state index contributed by atoms with van der Waals surface area (Å²) in [5.41, 5.74) is 1.10. The Kier molecular flexibility index (Phi) is 7.22. The highest BCUT2D eigenvalue weighted by molar-refractivity contribution is 5.77. The Bertz CT molecular complexity index is 677. The summed E-state index contributed by atoms with van der Waals surface area (Å²) in [7, 11) is 3.51. The third-order valence-electron chi connectivity index (χ3n) is 3.51. The van der Waals surface area contributed by atoms with Gasteiger partial charge in [0.15, 0.2) is 0 Å². The van der Waals surface area contributed by atoms with E-state index in [-0.39, 0.29) is 24.9 Å². The average molecular weight is 346 g/mol. The number of rotatable bonds is 9. The number of methoxy groups -OCH3 is 1. The van der Waals surface area contributed by atoms with Gasteiger partial charge in [0, 0.05) is 12.6 Å². The van der Waals surface area contributed by atoms with Crippen LogP contribution in [0.2, 0.25) is 0 Å². The summed E-state index contributed by atoms with van der Waals surface area (Å²) in [6.07, 6.45) is 0. The van der Waals surface area contributed by atoms with E-state index in [0.29, 0.717) is 18.8 Å². The predicted molar refractivity (Wildman–Crippen MR) is 94.2 cm³/mol. The van der Waals surface area contributed by atoms with Crippen LogP contribution in [0.15, 0.2) is 48.5 Å². The summed E-state index contributed by atoms with van der Waals surface area (Å²) in [5, 5.41) is 2.78. The molecule has 0 heterocycles. The Hall–Kier alpha value is -2.60. The SMILES string of the molecule is COc1ccc(CN(C)CC(=O)NCCOc2cccc(F)c2)cc1. The summed E-state index contributed by atoms with van der Waals surface area (Å²) < 4.78 is 23.5. The first-order chi connectivity index (χ1) is 12.1. The monoisotopic (exact) mass is 346 g/mol. The van der Waals surface area contributed by atoms with Crippen LogP contribution in [0.4, 0.5) is 4.39 Å². The molecule has 0 aromatic heterocycles. The summed E-state index contributed by atoms with van der Waals surface area (Å²) in [4.78, 5) is 13.8. The van der Waals surface area contributed by atoms with Gasteiger partial charge >= 0.3 is 0 Å². The maximum atomic E-state index is 13.0. The van der Waals surface area contributed by atoms with E-state index in [4.69, 9.17) is 9.47 Å². The van der Waals surface area contributed by atoms with E-state index in [2.05, 4.69) is 5.32 Å². The molecule has 0 aliphatic rings. The van der Waals surface area contributed by atoms with Crippen LogP contribution in [0.5, 0.6) is 11.5 Å². The van der Waals surface area contributed by atoms with E-state index in [1.54, 1.807) is 19.2 Å². The molecule has 0 atom stereocenters. The summed E-state index contributed by atoms with van der Waals surface area (Å²) in [6.45, 7) is 1.60. The van der Waals surface area contributed by atoms with Crippen molar-refractivity contribution >= 4 is 5.91 Å². The molecule has 25 heavy (non-hydrogen) atoms. The molecule has 0 saturated heterocycles. The number of ether oxygens (including phenoxy) is 2. The minimum atomic E-state index is -0.346. The number of likely N-dealkylation sites (N-methyl/N-ethyl adjacent to an activating group) is 1. The summed E-state index contributed by atoms with van der Waals surface area (Å²) in [5.74, 6) is 0.828. The lowest BCUT2D eigenvalue weighted by Gasteiger charge is -2.16. The van der Waals surface area contributed by atoms with Crippen LogP contribution < -0.4 is 14.8 Å². The number of amides is 1. The van der Waals surface area contributed by atoms with Crippen LogP contribution >= 0.6 is 0 Å². The van der Waals surface area contributed by atoms with Crippen LogP contribution in [0.1, 0.15) is 5.56 Å². The predicted octanol–water partition coefficient (Wildman–Crippen LogP) is 2.46. The molecule has 2 rings (SSSR count). The van der Waals surface area contributed by atoms with Crippen molar-refractivity contribution in [1.29, 1.82) is 0 Å². The Labute approximate surface area is 147 Å². The number of carbonyl (C=O) groups excluding carboxylic acids is 1. The number of nitrogens with one attached hydrogen (secondary N) is 1. The second kappa shape index (κ2) is 9.64. The van der Waals surface area contributed by atoms with Gasteiger partial charge in [-0.2, -0.15) is 0 Å². The van der Waals surface area contributed by atoms with Crippen LogP contribution in [0.3, 0.4) is 0 Å². The standard InChI is InChI=1S/C19H23FN2O3/c1-22(13-15-6-8-17(24-2)9-7-15)14-19(23)21-10-11-25-18-5-3-4-16(20)12-18/h3-9,12H,10-11,13-14H2,1-2H3,(H,21,23). The van der Waals surface area contributed by atoms with Crippen LogP contribution in [-0.4, -0.2) is 44.7 Å². The molecule has 0 radical (unpaired) electrons. The molecule has 0 fully saturated rings. The second-order valence-electron chi connectivity index (χ2n) is 5.68. The Morgan fingerprint density at radius 1 is 1.16 bits per heavy atom. The second-order valence-corrected chi connectivity index (χ2v) is 5.68. The van der Waals surface area contributed by atoms with E-state index < -0.39 is 0 Å². The Balaban J connectivity index is 1.65. The molecule has 5 nitrogen and oxygen atoms in total. The zero-order chi connectivity index (χ0) is 18.1. The third kappa shape index (κ3) is 6.81. The van der Waals surface area contributed by atoms with E-state index in [1.165, 1.54) is 12.1 Å². The minimum absolute atomic E-state index is 0.0844. The van der Waals surface area contributed by atoms with Gasteiger partial charge in [-0.3, -0.25) is 9.69 Å². The van der Waals surface area contributed by atoms with E-state index >= 15 is 0 Å². The molecule has 2 aromatic carbocycles. The molecular weight excluding hydrogens is 323 g/mol. The van der Waals surface area contributed by atoms with Gasteiger partial charge in [0.2, 0.25) is 5.91 Å². The lowest BCUT2D eigenvalue weighted by molar-refractivity contribution is -0.122. The number of halogens is 1. The van der Waals surface area contributed by atoms with Crippen molar-refractivity contribution in [1.82, 2.24) is 10.2 Å². The van der Waals surface area contributed by atoms with E-state index in [1.807, 2.05) is 36.2 Å². The van der Waals surface area contributed by atoms with Gasteiger partial charge in [-0.15, -0.1) is 0 Å². The van der Waals surface area contributed by atoms with Gasteiger partial charge in [-0.05, 0) is 36.9 Å². The third-order valence-corrected chi connectivity index (χ3v) is 3.51. The van der Waals surface area contributed by atoms with Crippen molar-refractivity contribution in [2.75, 3.05) is 33.9 Å². The van der Waals surface area contributed by atoms with Crippen LogP contribution in [-0.2, 0) is 11.3 Å². The smallest absolute Gasteiger partial charge is 0.234 e. The number of nitrogens with zero attached hydrogens (tertiary/aromatic N) is 1. The molecule has 0 aliphatic carbocycles. The number of hydrogen-bond acceptors (Lipinski definition) is 4. The van der Waals surface area contributed by atoms with Gasteiger partial charge in [-0.1, -0.05) is 18.2 Å². The largest absolute Gasteiger partial charge is 0.497 e. The van der Waals surface area contributed by atoms with Gasteiger partial charge in [0.05, 0.1) is 20.2 Å². The van der Waals surface area contributed by atoms with Crippen LogP contribution in [0, 0.1) is 5.82 Å². The highest BCUT2D eigenvalue weighted by Gasteiger charge is 2.07. The molecule has 0 bridgehead atoms. The topological polar surface area (TPSA) is 50.8 Å². The number of benzene rings is 2. The van der Waals surface area contributed by atoms with Crippen molar-refractivity contribution in [3.05, 3.63) is 59.9 Å². The molecule has 6 heteroatoms. The number of carbonyl (C=O) groups is 1. The maximum Gasteiger partial charge on any atom is 0.234 e. The molecule has 0 saturated carbocycles. The molecule has 0 unspecified atom stereocenters. The van der Waals surface area contributed by atoms with Gasteiger partial charge in [0.25, 0.3) is 0 Å². The van der Waals surface area contributed by atoms with Gasteiger partial charge in [0.1, 0.15) is 23.9 Å². The Morgan fingerprint density at radius 2 is 1.92 bits per heavy atom. The van der Waals surface area contributed by atoms with E-state index in [0.717, 1.165) is 11.3 Å². The maximum absolute atomic E-state index is 13.0. The molecule has 0 spiro atoms. The van der Waals surface area contributed by atoms with Crippen LogP contribution in [0.25, 0.3) is 0 Å². The highest BCUT2D eigenvalue weighted by atomic mass is 19.1. The number of hydrogen-bond donors (Lipinski definition) is 1. The van der Waals surface area contributed by atoms with Crippen molar-refractivity contribution in [2.24, 2.45) is 0 Å². The molecule has 1 N–H and O–H groups in total. The molecule has 2 aromatic rings. The average Bonchev–Trinajstić information content (AvgIpc) is 2.59. The summed E-state index contributed by atoms with van der Waals surface area (Å²) in [6, 6.07) is 13.7. The lowest BCUT2D eigenvalue weighted by Crippen LogP contribution is -2.36. The first kappa shape index (κ1) is 18.7. The minimum Gasteiger partial charge on any atom is -0.497 e. The quantitative estimate of drug-likeness (QED) is 0.709. The molecular formula is C19H23FN2O3. The van der Waals surface area contributed by atoms with Gasteiger partial charge in [-0.25, -0.2) is 4.39 Å². The normalized spacial score (nSPS) is 10.6. The highest BCUT2D eigenvalue weighted by Crippen LogP contribution is 2.12. The summed E-state index contributed by atoms with van der Waals surface area (Å²) >= 11 is 0. The molecule has 0 aliphatic heterocycles. The fourth-order valence-electron chi connectivity index (χ4n) is 2.32. The van der Waals surface area contributed by atoms with Crippen molar-refractivity contribution < 1.29 is 18.7 Å². The first-order valence-electron chi connectivity index (χ1n) is 8.03. The van der Waals surface area contributed by atoms with Gasteiger partial charge < -0.3 is 14.8 Å². The fourth-order valence-corrected chi connectivity index (χ4v) is 2.32. The van der Waals surface area contributed by atoms with E-state index in [9.17, 15) is 9.18 Å². The fraction of sp³-hybridized carbons (Fsp3) is 0.316. The first-order valence-corrected chi connectivity index (χ1v) is 8.03. The lowest BCUT2D eigenvalue weighted by atomic mass is 10.2. The van der Waals surface area contributed by atoms with Crippen molar-refractivity contribution in [2.45, 2.75) is 6.54 Å². The molecule has 134 valence electrons. The zero-order valence-corrected chi connectivity index (χ0v) is 14.5. The Morgan fingerprint density at radius 3 is 2.60 bits per heavy atom. The van der Waals surface area contributed by atoms with Crippen molar-refractivity contribution in [3.63, 3.8) is 0 Å².